The fraction of sp³-hybridized carbons (Fsp3) is 0.733. The third-order valence-electron chi connectivity index (χ3n) is 5.15. The molecule has 2 heterocycles. The third-order valence-corrected chi connectivity index (χ3v) is 5.15. The molecule has 1 saturated carbocycles. The van der Waals surface area contributed by atoms with Crippen molar-refractivity contribution in [3.63, 3.8) is 0 Å². The molecule has 3 atom stereocenters. The van der Waals surface area contributed by atoms with Crippen LogP contribution in [0.1, 0.15) is 52.4 Å². The molecule has 98 valence electrons. The quantitative estimate of drug-likeness (QED) is 0.659. The van der Waals surface area contributed by atoms with Gasteiger partial charge in [-0.1, -0.05) is 12.8 Å². The van der Waals surface area contributed by atoms with E-state index in [1.165, 1.54) is 19.3 Å². The van der Waals surface area contributed by atoms with Crippen molar-refractivity contribution in [3.8, 4) is 0 Å². The maximum atomic E-state index is 12.6. The molecule has 2 aliphatic heterocycles. The van der Waals surface area contributed by atoms with Gasteiger partial charge in [0.1, 0.15) is 0 Å². The van der Waals surface area contributed by atoms with Crippen LogP contribution in [0.5, 0.6) is 0 Å². The summed E-state index contributed by atoms with van der Waals surface area (Å²) in [5.41, 5.74) is 1.36. The number of hydrogen-bond acceptors (Lipinski definition) is 2. The van der Waals surface area contributed by atoms with Crippen molar-refractivity contribution in [2.45, 2.75) is 64.5 Å². The monoisotopic (exact) mass is 247 g/mol. The molecule has 1 saturated heterocycles. The van der Waals surface area contributed by atoms with E-state index in [0.717, 1.165) is 12.8 Å². The van der Waals surface area contributed by atoms with Crippen LogP contribution in [0.4, 0.5) is 0 Å². The molecule has 0 aromatic rings. The zero-order valence-electron chi connectivity index (χ0n) is 11.2. The van der Waals surface area contributed by atoms with Gasteiger partial charge in [-0.3, -0.25) is 9.59 Å². The summed E-state index contributed by atoms with van der Waals surface area (Å²) >= 11 is 0. The van der Waals surface area contributed by atoms with Gasteiger partial charge >= 0.3 is 0 Å². The van der Waals surface area contributed by atoms with E-state index in [4.69, 9.17) is 0 Å². The molecule has 0 bridgehead atoms. The molecular formula is C15H21NO2. The molecule has 0 aromatic heterocycles. The average molecular weight is 247 g/mol. The maximum Gasteiger partial charge on any atom is 0.250 e. The van der Waals surface area contributed by atoms with E-state index < -0.39 is 0 Å². The topological polar surface area (TPSA) is 37.4 Å². The van der Waals surface area contributed by atoms with Crippen LogP contribution in [0, 0.1) is 5.92 Å². The summed E-state index contributed by atoms with van der Waals surface area (Å²) in [6.07, 6.45) is 6.48. The van der Waals surface area contributed by atoms with Crippen molar-refractivity contribution in [3.05, 3.63) is 11.1 Å². The highest BCUT2D eigenvalue weighted by atomic mass is 16.2. The lowest BCUT2D eigenvalue weighted by molar-refractivity contribution is -0.130. The molecule has 0 spiro atoms. The Hall–Kier alpha value is -1.12. The van der Waals surface area contributed by atoms with Gasteiger partial charge in [-0.25, -0.2) is 0 Å². The zero-order chi connectivity index (χ0) is 12.9. The molecule has 1 aliphatic carbocycles. The number of allylic oxidation sites excluding steroid dienone is 1. The van der Waals surface area contributed by atoms with Gasteiger partial charge in [0, 0.05) is 29.7 Å². The van der Waals surface area contributed by atoms with Gasteiger partial charge in [0.25, 0.3) is 0 Å². The predicted molar refractivity (Wildman–Crippen MR) is 69.0 cm³/mol. The molecule has 18 heavy (non-hydrogen) atoms. The van der Waals surface area contributed by atoms with Crippen molar-refractivity contribution >= 4 is 11.7 Å². The summed E-state index contributed by atoms with van der Waals surface area (Å²) in [6, 6.07) is 0.579. The van der Waals surface area contributed by atoms with Crippen molar-refractivity contribution < 1.29 is 9.59 Å². The van der Waals surface area contributed by atoms with Crippen LogP contribution in [0.2, 0.25) is 0 Å². The van der Waals surface area contributed by atoms with Crippen LogP contribution < -0.4 is 0 Å². The first-order valence-corrected chi connectivity index (χ1v) is 7.13. The molecule has 0 radical (unpaired) electrons. The van der Waals surface area contributed by atoms with E-state index in [0.29, 0.717) is 29.5 Å². The van der Waals surface area contributed by atoms with Crippen molar-refractivity contribution in [2.75, 3.05) is 0 Å². The van der Waals surface area contributed by atoms with E-state index in [-0.39, 0.29) is 17.7 Å². The second-order valence-corrected chi connectivity index (χ2v) is 6.09. The number of rotatable bonds is 0. The Bertz CT molecular complexity index is 438. The summed E-state index contributed by atoms with van der Waals surface area (Å²) in [5.74, 6) is 0.941. The van der Waals surface area contributed by atoms with Gasteiger partial charge in [0.15, 0.2) is 5.78 Å². The normalized spacial score (nSPS) is 36.6. The Morgan fingerprint density at radius 1 is 1.06 bits per heavy atom. The zero-order valence-corrected chi connectivity index (χ0v) is 11.2. The molecule has 1 amide bonds. The Morgan fingerprint density at radius 3 is 2.56 bits per heavy atom. The van der Waals surface area contributed by atoms with Gasteiger partial charge in [0.05, 0.1) is 0 Å². The smallest absolute Gasteiger partial charge is 0.250 e. The van der Waals surface area contributed by atoms with Crippen LogP contribution in [0.25, 0.3) is 0 Å². The van der Waals surface area contributed by atoms with Crippen LogP contribution >= 0.6 is 0 Å². The van der Waals surface area contributed by atoms with E-state index in [2.05, 4.69) is 4.90 Å². The number of nitrogens with zero attached hydrogens (tertiary/aromatic N) is 1. The number of amides is 1. The molecule has 3 heteroatoms. The maximum absolute atomic E-state index is 12.6. The Morgan fingerprint density at radius 2 is 1.78 bits per heavy atom. The summed E-state index contributed by atoms with van der Waals surface area (Å²) in [7, 11) is 0. The largest absolute Gasteiger partial charge is 0.332 e. The lowest BCUT2D eigenvalue weighted by Gasteiger charge is -2.33. The highest BCUT2D eigenvalue weighted by Gasteiger charge is 2.46. The highest BCUT2D eigenvalue weighted by molar-refractivity contribution is 6.07. The molecule has 0 N–H and O–H groups in total. The fourth-order valence-electron chi connectivity index (χ4n) is 3.99. The van der Waals surface area contributed by atoms with Crippen molar-refractivity contribution in [1.29, 1.82) is 0 Å². The number of ketones is 1. The van der Waals surface area contributed by atoms with Gasteiger partial charge < -0.3 is 4.90 Å². The second-order valence-electron chi connectivity index (χ2n) is 6.09. The minimum Gasteiger partial charge on any atom is -0.332 e. The summed E-state index contributed by atoms with van der Waals surface area (Å²) < 4.78 is 0. The van der Waals surface area contributed by atoms with Crippen molar-refractivity contribution in [1.82, 2.24) is 4.90 Å². The SMILES string of the molecule is CC1=C(C)C(=O)N2[C@H](CC1=O)C[C@H]1CCCC[C@H]12. The number of carbonyl (C=O) groups excluding carboxylic acids is 2. The molecule has 2 fully saturated rings. The summed E-state index contributed by atoms with van der Waals surface area (Å²) in [5, 5.41) is 0. The van der Waals surface area contributed by atoms with Crippen LogP contribution in [-0.2, 0) is 9.59 Å². The second kappa shape index (κ2) is 4.22. The van der Waals surface area contributed by atoms with Gasteiger partial charge in [0.2, 0.25) is 5.91 Å². The standard InChI is InChI=1S/C15H21NO2/c1-9-10(2)15(18)16-12(8-14(9)17)7-11-5-3-4-6-13(11)16/h11-13H,3-8H2,1-2H3/t11-,12+,13-/m1/s1. The molecular weight excluding hydrogens is 226 g/mol. The molecule has 3 rings (SSSR count). The first kappa shape index (κ1) is 11.9. The molecule has 3 aliphatic rings. The average Bonchev–Trinajstić information content (AvgIpc) is 2.70. The minimum atomic E-state index is 0.123. The first-order chi connectivity index (χ1) is 8.59. The van der Waals surface area contributed by atoms with Gasteiger partial charge in [-0.15, -0.1) is 0 Å². The lowest BCUT2D eigenvalue weighted by atomic mass is 9.84. The third kappa shape index (κ3) is 1.63. The van der Waals surface area contributed by atoms with E-state index in [1.54, 1.807) is 6.92 Å². The Labute approximate surface area is 108 Å². The summed E-state index contributed by atoms with van der Waals surface area (Å²) in [4.78, 5) is 26.7. The van der Waals surface area contributed by atoms with Gasteiger partial charge in [-0.05, 0) is 39.0 Å². The molecule has 0 aromatic carbocycles. The van der Waals surface area contributed by atoms with E-state index in [9.17, 15) is 9.59 Å². The number of fused-ring (bicyclic) bond motifs is 3. The molecule has 3 nitrogen and oxygen atoms in total. The van der Waals surface area contributed by atoms with E-state index >= 15 is 0 Å². The van der Waals surface area contributed by atoms with Gasteiger partial charge in [-0.2, -0.15) is 0 Å². The Balaban J connectivity index is 1.97. The van der Waals surface area contributed by atoms with Crippen LogP contribution in [0.3, 0.4) is 0 Å². The summed E-state index contributed by atoms with van der Waals surface area (Å²) in [6.45, 7) is 3.62. The molecule has 0 unspecified atom stereocenters. The number of carbonyl (C=O) groups is 2. The first-order valence-electron chi connectivity index (χ1n) is 7.13. The lowest BCUT2D eigenvalue weighted by Crippen LogP contribution is -2.43. The van der Waals surface area contributed by atoms with E-state index in [1.807, 2.05) is 6.92 Å². The number of hydrogen-bond donors (Lipinski definition) is 0. The van der Waals surface area contributed by atoms with Crippen molar-refractivity contribution in [2.24, 2.45) is 5.92 Å². The number of Topliss-reactive ketones (excluding diaryl/α,β-unsaturated/α-hetero) is 1. The predicted octanol–water partition coefficient (Wildman–Crippen LogP) is 2.46. The Kier molecular flexibility index (Phi) is 2.80. The van der Waals surface area contributed by atoms with Crippen LogP contribution in [0.15, 0.2) is 11.1 Å². The minimum absolute atomic E-state index is 0.123. The highest BCUT2D eigenvalue weighted by Crippen LogP contribution is 2.42. The fourth-order valence-corrected chi connectivity index (χ4v) is 3.99. The van der Waals surface area contributed by atoms with Crippen LogP contribution in [-0.4, -0.2) is 28.7 Å².